The Morgan fingerprint density at radius 2 is 1.72 bits per heavy atom. The molecule has 1 fully saturated rings. The normalized spacial score (nSPS) is 15.8. The van der Waals surface area contributed by atoms with Gasteiger partial charge in [-0.15, -0.1) is 0 Å². The SMILES string of the molecule is CC.CC/C=C(CNC)\C(=N/CN(CC)N=C(C)C)N1CCCC1(C)C.CCC. The number of aliphatic imine (C=N–C) groups is 1. The second-order valence-corrected chi connectivity index (χ2v) is 7.94. The van der Waals surface area contributed by atoms with E-state index in [-0.39, 0.29) is 5.54 Å². The van der Waals surface area contributed by atoms with Crippen molar-refractivity contribution in [2.75, 3.05) is 33.4 Å². The number of amidine groups is 1. The van der Waals surface area contributed by atoms with E-state index in [1.165, 1.54) is 24.8 Å². The average Bonchev–Trinajstić information content (AvgIpc) is 3.02. The topological polar surface area (TPSA) is 43.2 Å². The standard InChI is InChI=1S/C19H37N5.C3H8.C2H6/c1-8-11-17(14-20-7)18(24-13-10-12-19(24,5)6)21-15-23(9-2)22-16(3)4;1-3-2;1-2/h11,20H,8-10,12-15H2,1-7H3;3H2,1-2H3;1-2H3/b17-11-,21-18+;;. The Morgan fingerprint density at radius 3 is 2.10 bits per heavy atom. The lowest BCUT2D eigenvalue weighted by molar-refractivity contribution is 0.273. The van der Waals surface area contributed by atoms with Gasteiger partial charge in [0.25, 0.3) is 0 Å². The molecule has 0 aromatic rings. The van der Waals surface area contributed by atoms with Crippen LogP contribution in [0.25, 0.3) is 0 Å². The fourth-order valence-corrected chi connectivity index (χ4v) is 3.17. The fraction of sp³-hybridized carbons (Fsp3) is 0.833. The van der Waals surface area contributed by atoms with Gasteiger partial charge in [-0.05, 0) is 60.9 Å². The van der Waals surface area contributed by atoms with Crippen LogP contribution in [0.15, 0.2) is 21.7 Å². The van der Waals surface area contributed by atoms with Crippen LogP contribution in [0.2, 0.25) is 0 Å². The summed E-state index contributed by atoms with van der Waals surface area (Å²) in [6.07, 6.45) is 7.02. The lowest BCUT2D eigenvalue weighted by Gasteiger charge is -2.36. The number of hydrazone groups is 1. The van der Waals surface area contributed by atoms with Crippen molar-refractivity contribution in [1.29, 1.82) is 0 Å². The fourth-order valence-electron chi connectivity index (χ4n) is 3.17. The summed E-state index contributed by atoms with van der Waals surface area (Å²) in [6, 6.07) is 0. The van der Waals surface area contributed by atoms with E-state index < -0.39 is 0 Å². The van der Waals surface area contributed by atoms with Gasteiger partial charge in [0, 0.05) is 36.5 Å². The molecule has 0 unspecified atom stereocenters. The zero-order chi connectivity index (χ0) is 22.9. The van der Waals surface area contributed by atoms with Gasteiger partial charge in [-0.2, -0.15) is 5.10 Å². The summed E-state index contributed by atoms with van der Waals surface area (Å²) in [5.41, 5.74) is 2.53. The third kappa shape index (κ3) is 12.0. The summed E-state index contributed by atoms with van der Waals surface area (Å²) in [7, 11) is 2.00. The first-order valence-corrected chi connectivity index (χ1v) is 11.7. The number of likely N-dealkylation sites (tertiary alicyclic amines) is 1. The molecule has 0 saturated carbocycles. The minimum absolute atomic E-state index is 0.167. The van der Waals surface area contributed by atoms with E-state index in [2.05, 4.69) is 62.9 Å². The monoisotopic (exact) mass is 409 g/mol. The highest BCUT2D eigenvalue weighted by Crippen LogP contribution is 2.30. The molecule has 0 radical (unpaired) electrons. The molecule has 0 bridgehead atoms. The molecule has 5 heteroatoms. The predicted octanol–water partition coefficient (Wildman–Crippen LogP) is 5.93. The maximum absolute atomic E-state index is 5.02. The maximum atomic E-state index is 5.02. The molecule has 5 nitrogen and oxygen atoms in total. The third-order valence-electron chi connectivity index (χ3n) is 4.35. The highest BCUT2D eigenvalue weighted by molar-refractivity contribution is 5.99. The van der Waals surface area contributed by atoms with Crippen LogP contribution >= 0.6 is 0 Å². The van der Waals surface area contributed by atoms with E-state index in [9.17, 15) is 0 Å². The quantitative estimate of drug-likeness (QED) is 0.307. The number of rotatable bonds is 8. The van der Waals surface area contributed by atoms with E-state index in [0.717, 1.165) is 37.6 Å². The second kappa shape index (κ2) is 17.5. The molecule has 0 amide bonds. The summed E-state index contributed by atoms with van der Waals surface area (Å²) >= 11 is 0. The van der Waals surface area contributed by atoms with Gasteiger partial charge >= 0.3 is 0 Å². The molecule has 1 N–H and O–H groups in total. The van der Waals surface area contributed by atoms with Crippen LogP contribution in [0.1, 0.15) is 94.9 Å². The molecule has 1 saturated heterocycles. The molecule has 0 aromatic carbocycles. The van der Waals surface area contributed by atoms with Crippen molar-refractivity contribution in [3.8, 4) is 0 Å². The Labute approximate surface area is 182 Å². The second-order valence-electron chi connectivity index (χ2n) is 7.94. The number of allylic oxidation sites excluding steroid dienone is 1. The Balaban J connectivity index is 0. The third-order valence-corrected chi connectivity index (χ3v) is 4.35. The van der Waals surface area contributed by atoms with Crippen molar-refractivity contribution in [1.82, 2.24) is 15.2 Å². The molecule has 29 heavy (non-hydrogen) atoms. The Morgan fingerprint density at radius 1 is 1.14 bits per heavy atom. The molecule has 0 atom stereocenters. The molecule has 1 aliphatic heterocycles. The van der Waals surface area contributed by atoms with Gasteiger partial charge in [0.15, 0.2) is 0 Å². The largest absolute Gasteiger partial charge is 0.351 e. The van der Waals surface area contributed by atoms with Crippen molar-refractivity contribution in [3.63, 3.8) is 0 Å². The Kier molecular flexibility index (Phi) is 18.0. The summed E-state index contributed by atoms with van der Waals surface area (Å²) in [5, 5.41) is 9.90. The lowest BCUT2D eigenvalue weighted by atomic mass is 10.0. The predicted molar refractivity (Wildman–Crippen MR) is 133 cm³/mol. The molecule has 0 aliphatic carbocycles. The summed E-state index contributed by atoms with van der Waals surface area (Å²) in [5.74, 6) is 1.14. The zero-order valence-electron chi connectivity index (χ0n) is 21.5. The van der Waals surface area contributed by atoms with Gasteiger partial charge in [0.05, 0.1) is 0 Å². The maximum Gasteiger partial charge on any atom is 0.130 e. The minimum atomic E-state index is 0.167. The van der Waals surface area contributed by atoms with Crippen LogP contribution in [0.5, 0.6) is 0 Å². The summed E-state index contributed by atoms with van der Waals surface area (Å²) in [4.78, 5) is 7.50. The minimum Gasteiger partial charge on any atom is -0.351 e. The highest BCUT2D eigenvalue weighted by Gasteiger charge is 2.35. The first-order chi connectivity index (χ1) is 13.8. The average molecular weight is 410 g/mol. The molecule has 0 spiro atoms. The van der Waals surface area contributed by atoms with Gasteiger partial charge in [-0.3, -0.25) is 5.01 Å². The number of hydrogen-bond donors (Lipinski definition) is 1. The molecular formula is C24H51N5. The van der Waals surface area contributed by atoms with Crippen molar-refractivity contribution in [2.45, 2.75) is 100 Å². The van der Waals surface area contributed by atoms with E-state index in [1.54, 1.807) is 0 Å². The van der Waals surface area contributed by atoms with Crippen molar-refractivity contribution in [3.05, 3.63) is 11.6 Å². The molecule has 172 valence electrons. The van der Waals surface area contributed by atoms with E-state index in [1.807, 2.05) is 39.8 Å². The summed E-state index contributed by atoms with van der Waals surface area (Å²) < 4.78 is 0. The summed E-state index contributed by atoms with van der Waals surface area (Å²) in [6.45, 7) is 24.7. The van der Waals surface area contributed by atoms with Gasteiger partial charge in [0.2, 0.25) is 0 Å². The van der Waals surface area contributed by atoms with Crippen LogP contribution in [-0.2, 0) is 0 Å². The van der Waals surface area contributed by atoms with Crippen molar-refractivity contribution in [2.24, 2.45) is 10.1 Å². The number of hydrogen-bond acceptors (Lipinski definition) is 4. The van der Waals surface area contributed by atoms with Gasteiger partial charge in [0.1, 0.15) is 12.5 Å². The highest BCUT2D eigenvalue weighted by atomic mass is 15.5. The molecule has 1 aliphatic rings. The first kappa shape index (κ1) is 29.8. The van der Waals surface area contributed by atoms with Gasteiger partial charge < -0.3 is 10.2 Å². The lowest BCUT2D eigenvalue weighted by Crippen LogP contribution is -2.45. The number of nitrogens with zero attached hydrogens (tertiary/aromatic N) is 4. The Hall–Kier alpha value is -1.36. The van der Waals surface area contributed by atoms with Crippen LogP contribution in [-0.4, -0.2) is 60.3 Å². The van der Waals surface area contributed by atoms with Gasteiger partial charge in [-0.25, -0.2) is 4.99 Å². The van der Waals surface area contributed by atoms with Crippen LogP contribution in [0.3, 0.4) is 0 Å². The zero-order valence-corrected chi connectivity index (χ0v) is 21.5. The van der Waals surface area contributed by atoms with Crippen LogP contribution in [0, 0.1) is 0 Å². The van der Waals surface area contributed by atoms with Crippen LogP contribution in [0.4, 0.5) is 0 Å². The van der Waals surface area contributed by atoms with Crippen LogP contribution < -0.4 is 5.32 Å². The Bertz CT molecular complexity index is 487. The molecule has 1 heterocycles. The first-order valence-electron chi connectivity index (χ1n) is 11.7. The smallest absolute Gasteiger partial charge is 0.130 e. The van der Waals surface area contributed by atoms with E-state index in [0.29, 0.717) is 6.67 Å². The molecule has 1 rings (SSSR count). The molecular weight excluding hydrogens is 358 g/mol. The molecule has 0 aromatic heterocycles. The van der Waals surface area contributed by atoms with Crippen molar-refractivity contribution < 1.29 is 0 Å². The van der Waals surface area contributed by atoms with E-state index >= 15 is 0 Å². The van der Waals surface area contributed by atoms with Gasteiger partial charge in [-0.1, -0.05) is 47.1 Å². The number of nitrogens with one attached hydrogen (secondary N) is 1. The van der Waals surface area contributed by atoms with E-state index in [4.69, 9.17) is 4.99 Å². The van der Waals surface area contributed by atoms with Crippen molar-refractivity contribution >= 4 is 11.5 Å². The number of likely N-dealkylation sites (N-methyl/N-ethyl adjacent to an activating group) is 1.